The fourth-order valence-corrected chi connectivity index (χ4v) is 8.45. The lowest BCUT2D eigenvalue weighted by Crippen LogP contribution is -2.30. The van der Waals surface area contributed by atoms with Crippen molar-refractivity contribution in [2.75, 3.05) is 4.90 Å². The van der Waals surface area contributed by atoms with E-state index in [0.717, 1.165) is 39.0 Å². The molecule has 0 N–H and O–H groups in total. The zero-order chi connectivity index (χ0) is 33.8. The normalized spacial score (nSPS) is 12.9. The predicted octanol–water partition coefficient (Wildman–Crippen LogP) is 13.1. The first-order valence-corrected chi connectivity index (χ1v) is 17.5. The third kappa shape index (κ3) is 4.43. The van der Waals surface area contributed by atoms with Crippen molar-refractivity contribution >= 4 is 39.0 Å². The predicted molar refractivity (Wildman–Crippen MR) is 211 cm³/mol. The van der Waals surface area contributed by atoms with Gasteiger partial charge in [-0.3, -0.25) is 0 Å². The summed E-state index contributed by atoms with van der Waals surface area (Å²) in [6.07, 6.45) is 0. The summed E-state index contributed by atoms with van der Waals surface area (Å²) in [6.45, 7) is 0. The van der Waals surface area contributed by atoms with Crippen LogP contribution in [-0.2, 0) is 5.41 Å². The van der Waals surface area contributed by atoms with Crippen molar-refractivity contribution < 1.29 is 4.42 Å². The Hall–Kier alpha value is -6.64. The second kappa shape index (κ2) is 11.8. The summed E-state index contributed by atoms with van der Waals surface area (Å²) in [6, 6.07) is 72.3. The van der Waals surface area contributed by atoms with Crippen molar-refractivity contribution in [3.63, 3.8) is 0 Å². The van der Waals surface area contributed by atoms with Gasteiger partial charge in [-0.1, -0.05) is 164 Å². The lowest BCUT2D eigenvalue weighted by Gasteiger charge is -2.38. The van der Waals surface area contributed by atoms with E-state index in [0.29, 0.717) is 0 Å². The molecule has 0 spiro atoms. The lowest BCUT2D eigenvalue weighted by molar-refractivity contribution is 0.669. The highest BCUT2D eigenvalue weighted by atomic mass is 16.3. The lowest BCUT2D eigenvalue weighted by atomic mass is 9.67. The van der Waals surface area contributed by atoms with Gasteiger partial charge in [0.05, 0.1) is 22.2 Å². The number of hydrogen-bond acceptors (Lipinski definition) is 2. The highest BCUT2D eigenvalue weighted by Crippen LogP contribution is 2.59. The van der Waals surface area contributed by atoms with Crippen LogP contribution < -0.4 is 4.90 Å². The quantitative estimate of drug-likeness (QED) is 0.178. The Morgan fingerprint density at radius 1 is 0.373 bits per heavy atom. The van der Waals surface area contributed by atoms with E-state index in [-0.39, 0.29) is 0 Å². The van der Waals surface area contributed by atoms with Crippen molar-refractivity contribution in [3.8, 4) is 22.3 Å². The monoisotopic (exact) mass is 651 g/mol. The Balaban J connectivity index is 1.30. The molecule has 1 aliphatic carbocycles. The second-order valence-corrected chi connectivity index (χ2v) is 13.2. The van der Waals surface area contributed by atoms with E-state index in [1.54, 1.807) is 0 Å². The van der Waals surface area contributed by atoms with E-state index in [1.165, 1.54) is 44.5 Å². The molecule has 0 atom stereocenters. The summed E-state index contributed by atoms with van der Waals surface area (Å²) < 4.78 is 6.48. The molecule has 1 aliphatic rings. The Morgan fingerprint density at radius 2 is 0.902 bits per heavy atom. The molecule has 0 saturated heterocycles. The third-order valence-electron chi connectivity index (χ3n) is 10.6. The van der Waals surface area contributed by atoms with Gasteiger partial charge in [0.25, 0.3) is 0 Å². The van der Waals surface area contributed by atoms with Crippen LogP contribution in [0.3, 0.4) is 0 Å². The second-order valence-electron chi connectivity index (χ2n) is 13.2. The van der Waals surface area contributed by atoms with Crippen LogP contribution in [-0.4, -0.2) is 0 Å². The van der Waals surface area contributed by atoms with Gasteiger partial charge in [0.1, 0.15) is 11.2 Å². The molecule has 0 amide bonds. The SMILES string of the molecule is c1ccc(-c2ccc(N(c3ccccc3C3(c4ccccc4)c4ccccc4-c4ccccc43)c3cccc4oc5ccccc5c34)cc2)cc1. The van der Waals surface area contributed by atoms with Crippen LogP contribution in [0.5, 0.6) is 0 Å². The Labute approximate surface area is 297 Å². The number of furan rings is 1. The average molecular weight is 652 g/mol. The maximum absolute atomic E-state index is 6.48. The smallest absolute Gasteiger partial charge is 0.137 e. The number of benzene rings is 8. The van der Waals surface area contributed by atoms with Gasteiger partial charge in [-0.25, -0.2) is 0 Å². The van der Waals surface area contributed by atoms with E-state index in [2.05, 4.69) is 199 Å². The Bertz CT molecular complexity index is 2640. The van der Waals surface area contributed by atoms with Crippen LogP contribution in [0.15, 0.2) is 205 Å². The van der Waals surface area contributed by atoms with Gasteiger partial charge in [-0.05, 0) is 80.9 Å². The van der Waals surface area contributed by atoms with Gasteiger partial charge in [0.15, 0.2) is 0 Å². The molecule has 8 aromatic carbocycles. The number of para-hydroxylation sites is 2. The van der Waals surface area contributed by atoms with Crippen molar-refractivity contribution in [2.24, 2.45) is 0 Å². The van der Waals surface area contributed by atoms with Gasteiger partial charge in [-0.15, -0.1) is 0 Å². The highest BCUT2D eigenvalue weighted by Gasteiger charge is 2.47. The summed E-state index contributed by atoms with van der Waals surface area (Å²) in [5.41, 5.74) is 14.4. The number of rotatable bonds is 6. The number of fused-ring (bicyclic) bond motifs is 6. The number of nitrogens with zero attached hydrogens (tertiary/aromatic N) is 1. The fraction of sp³-hybridized carbons (Fsp3) is 0.0204. The van der Waals surface area contributed by atoms with E-state index >= 15 is 0 Å². The van der Waals surface area contributed by atoms with Crippen molar-refractivity contribution in [1.29, 1.82) is 0 Å². The van der Waals surface area contributed by atoms with E-state index in [9.17, 15) is 0 Å². The van der Waals surface area contributed by atoms with Crippen LogP contribution in [0.25, 0.3) is 44.2 Å². The molecule has 0 fully saturated rings. The molecule has 0 saturated carbocycles. The molecular formula is C49H33NO. The molecule has 0 bridgehead atoms. The van der Waals surface area contributed by atoms with Gasteiger partial charge >= 0.3 is 0 Å². The van der Waals surface area contributed by atoms with Gasteiger partial charge < -0.3 is 9.32 Å². The summed E-state index contributed by atoms with van der Waals surface area (Å²) >= 11 is 0. The minimum atomic E-state index is -0.570. The molecule has 9 aromatic rings. The Kier molecular flexibility index (Phi) is 6.75. The molecular weight excluding hydrogens is 619 g/mol. The van der Waals surface area contributed by atoms with Gasteiger partial charge in [0, 0.05) is 11.1 Å². The number of anilines is 3. The third-order valence-corrected chi connectivity index (χ3v) is 10.6. The maximum Gasteiger partial charge on any atom is 0.137 e. The summed E-state index contributed by atoms with van der Waals surface area (Å²) in [4.78, 5) is 2.45. The van der Waals surface area contributed by atoms with Gasteiger partial charge in [-0.2, -0.15) is 0 Å². The van der Waals surface area contributed by atoms with Crippen molar-refractivity contribution in [1.82, 2.24) is 0 Å². The zero-order valence-corrected chi connectivity index (χ0v) is 27.9. The first-order chi connectivity index (χ1) is 25.3. The largest absolute Gasteiger partial charge is 0.456 e. The molecule has 51 heavy (non-hydrogen) atoms. The molecule has 10 rings (SSSR count). The number of hydrogen-bond donors (Lipinski definition) is 0. The maximum atomic E-state index is 6.48. The molecule has 0 aliphatic heterocycles. The summed E-state index contributed by atoms with van der Waals surface area (Å²) in [5.74, 6) is 0. The molecule has 2 nitrogen and oxygen atoms in total. The van der Waals surface area contributed by atoms with Crippen molar-refractivity contribution in [2.45, 2.75) is 5.41 Å². The molecule has 0 radical (unpaired) electrons. The fourth-order valence-electron chi connectivity index (χ4n) is 8.45. The van der Waals surface area contributed by atoms with Crippen LogP contribution in [0.4, 0.5) is 17.1 Å². The van der Waals surface area contributed by atoms with Crippen LogP contribution >= 0.6 is 0 Å². The highest BCUT2D eigenvalue weighted by molar-refractivity contribution is 6.13. The zero-order valence-electron chi connectivity index (χ0n) is 27.9. The van der Waals surface area contributed by atoms with E-state index in [1.807, 2.05) is 6.07 Å². The molecule has 1 heterocycles. The Morgan fingerprint density at radius 3 is 1.63 bits per heavy atom. The van der Waals surface area contributed by atoms with Gasteiger partial charge in [0.2, 0.25) is 0 Å². The molecule has 0 unspecified atom stereocenters. The van der Waals surface area contributed by atoms with Crippen LogP contribution in [0.1, 0.15) is 22.3 Å². The van der Waals surface area contributed by atoms with E-state index in [4.69, 9.17) is 4.42 Å². The molecule has 2 heteroatoms. The minimum absolute atomic E-state index is 0.570. The topological polar surface area (TPSA) is 16.4 Å². The standard InChI is InChI=1S/C49H33NO/c1-3-16-34(17-4-1)35-30-32-37(33-31-35)50(45-27-15-29-47-48(45)40-22-9-14-28-46(40)51-47)44-26-13-12-25-43(44)49(36-18-5-2-6-19-36)41-23-10-7-20-38(41)39-21-8-11-24-42(39)49/h1-33H. The summed E-state index contributed by atoms with van der Waals surface area (Å²) in [7, 11) is 0. The average Bonchev–Trinajstić information content (AvgIpc) is 3.74. The van der Waals surface area contributed by atoms with Crippen LogP contribution in [0, 0.1) is 0 Å². The summed E-state index contributed by atoms with van der Waals surface area (Å²) in [5, 5.41) is 2.19. The van der Waals surface area contributed by atoms with Crippen molar-refractivity contribution in [3.05, 3.63) is 222 Å². The first-order valence-electron chi connectivity index (χ1n) is 17.5. The minimum Gasteiger partial charge on any atom is -0.456 e. The van der Waals surface area contributed by atoms with Crippen LogP contribution in [0.2, 0.25) is 0 Å². The molecule has 240 valence electrons. The van der Waals surface area contributed by atoms with E-state index < -0.39 is 5.41 Å². The molecule has 1 aromatic heterocycles. The first kappa shape index (κ1) is 29.3.